The van der Waals surface area contributed by atoms with Crippen molar-refractivity contribution in [3.8, 4) is 11.1 Å². The van der Waals surface area contributed by atoms with Gasteiger partial charge in [0.05, 0.1) is 5.69 Å². The van der Waals surface area contributed by atoms with Gasteiger partial charge in [-0.2, -0.15) is 0 Å². The van der Waals surface area contributed by atoms with E-state index in [2.05, 4.69) is 34.6 Å². The number of hydrogen-bond acceptors (Lipinski definition) is 4. The molecule has 1 aromatic carbocycles. The highest BCUT2D eigenvalue weighted by Crippen LogP contribution is 2.25. The number of nitrogens with one attached hydrogen (secondary N) is 1. The molecule has 104 valence electrons. The number of aromatic nitrogens is 1. The van der Waals surface area contributed by atoms with Crippen LogP contribution in [0.5, 0.6) is 0 Å². The number of fused-ring (bicyclic) bond motifs is 1. The Kier molecular flexibility index (Phi) is 3.78. The van der Waals surface area contributed by atoms with Crippen LogP contribution in [0.3, 0.4) is 0 Å². The highest BCUT2D eigenvalue weighted by Gasteiger charge is 2.12. The molecule has 4 nitrogen and oxygen atoms in total. The van der Waals surface area contributed by atoms with Crippen molar-refractivity contribution in [2.75, 3.05) is 14.2 Å². The van der Waals surface area contributed by atoms with E-state index < -0.39 is 6.29 Å². The summed E-state index contributed by atoms with van der Waals surface area (Å²) in [5.41, 5.74) is 5.84. The van der Waals surface area contributed by atoms with E-state index in [1.165, 1.54) is 16.7 Å². The molecule has 0 unspecified atom stereocenters. The fourth-order valence-electron chi connectivity index (χ4n) is 2.53. The fourth-order valence-corrected chi connectivity index (χ4v) is 2.53. The lowest BCUT2D eigenvalue weighted by molar-refractivity contribution is -0.108. The van der Waals surface area contributed by atoms with Crippen LogP contribution in [0.4, 0.5) is 0 Å². The molecule has 1 aliphatic heterocycles. The van der Waals surface area contributed by atoms with Crippen molar-refractivity contribution in [2.24, 2.45) is 0 Å². The minimum Gasteiger partial charge on any atom is -0.350 e. The monoisotopic (exact) mass is 270 g/mol. The lowest BCUT2D eigenvalue weighted by atomic mass is 10.0. The van der Waals surface area contributed by atoms with Gasteiger partial charge < -0.3 is 14.8 Å². The Balaban J connectivity index is 1.87. The first-order valence-corrected chi connectivity index (χ1v) is 6.66. The molecule has 1 aromatic heterocycles. The lowest BCUT2D eigenvalue weighted by Gasteiger charge is -2.13. The Morgan fingerprint density at radius 1 is 1.00 bits per heavy atom. The molecule has 0 fully saturated rings. The largest absolute Gasteiger partial charge is 0.350 e. The molecule has 3 rings (SSSR count). The number of rotatable bonds is 4. The maximum absolute atomic E-state index is 5.20. The first kappa shape index (κ1) is 13.2. The van der Waals surface area contributed by atoms with Gasteiger partial charge in [0.25, 0.3) is 0 Å². The van der Waals surface area contributed by atoms with Gasteiger partial charge in [-0.3, -0.25) is 4.98 Å². The molecule has 0 saturated carbocycles. The molecule has 20 heavy (non-hydrogen) atoms. The smallest absolute Gasteiger partial charge is 0.200 e. The van der Waals surface area contributed by atoms with Crippen LogP contribution in [0.25, 0.3) is 11.1 Å². The number of benzene rings is 1. The Hall–Kier alpha value is -1.75. The van der Waals surface area contributed by atoms with Gasteiger partial charge in [0.2, 0.25) is 6.29 Å². The van der Waals surface area contributed by atoms with Gasteiger partial charge in [-0.1, -0.05) is 18.2 Å². The molecule has 0 radical (unpaired) electrons. The molecular formula is C16H18N2O2. The third-order valence-corrected chi connectivity index (χ3v) is 3.63. The summed E-state index contributed by atoms with van der Waals surface area (Å²) in [4.78, 5) is 4.42. The number of methoxy groups -OCH3 is 2. The van der Waals surface area contributed by atoms with Gasteiger partial charge in [-0.15, -0.1) is 0 Å². The molecule has 0 saturated heterocycles. The summed E-state index contributed by atoms with van der Waals surface area (Å²) < 4.78 is 10.4. The average Bonchev–Trinajstić information content (AvgIpc) is 2.96. The van der Waals surface area contributed by atoms with E-state index in [-0.39, 0.29) is 0 Å². The number of pyridine rings is 1. The van der Waals surface area contributed by atoms with Crippen LogP contribution >= 0.6 is 0 Å². The van der Waals surface area contributed by atoms with E-state index in [9.17, 15) is 0 Å². The Labute approximate surface area is 118 Å². The first-order valence-electron chi connectivity index (χ1n) is 6.66. The van der Waals surface area contributed by atoms with Crippen LogP contribution in [-0.4, -0.2) is 19.2 Å². The van der Waals surface area contributed by atoms with E-state index in [0.29, 0.717) is 0 Å². The summed E-state index contributed by atoms with van der Waals surface area (Å²) in [5.74, 6) is 0. The van der Waals surface area contributed by atoms with E-state index in [4.69, 9.17) is 9.47 Å². The second-order valence-corrected chi connectivity index (χ2v) is 4.86. The van der Waals surface area contributed by atoms with Crippen molar-refractivity contribution in [1.29, 1.82) is 0 Å². The lowest BCUT2D eigenvalue weighted by Crippen LogP contribution is -2.05. The van der Waals surface area contributed by atoms with Crippen LogP contribution in [0, 0.1) is 0 Å². The zero-order valence-electron chi connectivity index (χ0n) is 11.7. The molecule has 1 N–H and O–H groups in total. The van der Waals surface area contributed by atoms with Gasteiger partial charge in [-0.05, 0) is 28.8 Å². The van der Waals surface area contributed by atoms with Crippen molar-refractivity contribution in [1.82, 2.24) is 10.3 Å². The highest BCUT2D eigenvalue weighted by molar-refractivity contribution is 5.64. The minimum atomic E-state index is -0.409. The van der Waals surface area contributed by atoms with Crippen molar-refractivity contribution in [3.63, 3.8) is 0 Å². The average molecular weight is 270 g/mol. The molecule has 0 aliphatic carbocycles. The second-order valence-electron chi connectivity index (χ2n) is 4.86. The second kappa shape index (κ2) is 5.71. The standard InChI is InChI=1S/C16H18N2O2/c1-19-16(20-2)15-6-5-13(10-18-15)11-3-4-12-8-17-9-14(12)7-11/h3-7,10,16-17H,8-9H2,1-2H3. The van der Waals surface area contributed by atoms with Gasteiger partial charge >= 0.3 is 0 Å². The van der Waals surface area contributed by atoms with Gasteiger partial charge in [0.1, 0.15) is 0 Å². The quantitative estimate of drug-likeness (QED) is 0.867. The third-order valence-electron chi connectivity index (χ3n) is 3.63. The summed E-state index contributed by atoms with van der Waals surface area (Å²) in [6.45, 7) is 1.92. The van der Waals surface area contributed by atoms with Crippen LogP contribution in [0.2, 0.25) is 0 Å². The van der Waals surface area contributed by atoms with Gasteiger partial charge in [0, 0.05) is 39.1 Å². The minimum absolute atomic E-state index is 0.409. The highest BCUT2D eigenvalue weighted by atomic mass is 16.7. The molecule has 0 amide bonds. The third kappa shape index (κ3) is 2.45. The molecule has 0 spiro atoms. The Morgan fingerprint density at radius 2 is 1.75 bits per heavy atom. The van der Waals surface area contributed by atoms with Crippen LogP contribution < -0.4 is 5.32 Å². The molecule has 2 aromatic rings. The molecular weight excluding hydrogens is 252 g/mol. The maximum atomic E-state index is 5.20. The molecule has 1 aliphatic rings. The molecule has 2 heterocycles. The zero-order valence-corrected chi connectivity index (χ0v) is 11.7. The van der Waals surface area contributed by atoms with E-state index in [1.54, 1.807) is 14.2 Å². The zero-order chi connectivity index (χ0) is 13.9. The van der Waals surface area contributed by atoms with Crippen molar-refractivity contribution < 1.29 is 9.47 Å². The SMILES string of the molecule is COC(OC)c1ccc(-c2ccc3c(c2)CNC3)cn1. The fraction of sp³-hybridized carbons (Fsp3) is 0.312. The normalized spacial score (nSPS) is 13.8. The Morgan fingerprint density at radius 3 is 2.45 bits per heavy atom. The molecule has 0 bridgehead atoms. The number of hydrogen-bond donors (Lipinski definition) is 1. The molecule has 0 atom stereocenters. The summed E-state index contributed by atoms with van der Waals surface area (Å²) in [6, 6.07) is 10.6. The summed E-state index contributed by atoms with van der Waals surface area (Å²) in [5, 5.41) is 3.36. The number of ether oxygens (including phenoxy) is 2. The van der Waals surface area contributed by atoms with Crippen LogP contribution in [0.1, 0.15) is 23.1 Å². The summed E-state index contributed by atoms with van der Waals surface area (Å²) in [6.07, 6.45) is 1.46. The van der Waals surface area contributed by atoms with Crippen LogP contribution in [-0.2, 0) is 22.6 Å². The maximum Gasteiger partial charge on any atom is 0.200 e. The number of nitrogens with zero attached hydrogens (tertiary/aromatic N) is 1. The molecule has 4 heteroatoms. The predicted octanol–water partition coefficient (Wildman–Crippen LogP) is 2.64. The summed E-state index contributed by atoms with van der Waals surface area (Å²) in [7, 11) is 3.22. The van der Waals surface area contributed by atoms with Crippen molar-refractivity contribution >= 4 is 0 Å². The van der Waals surface area contributed by atoms with Crippen molar-refractivity contribution in [3.05, 3.63) is 53.3 Å². The predicted molar refractivity (Wildman–Crippen MR) is 77.0 cm³/mol. The van der Waals surface area contributed by atoms with Crippen molar-refractivity contribution in [2.45, 2.75) is 19.4 Å². The topological polar surface area (TPSA) is 43.4 Å². The van der Waals surface area contributed by atoms with Crippen LogP contribution in [0.15, 0.2) is 36.5 Å². The van der Waals surface area contributed by atoms with E-state index in [0.717, 1.165) is 24.3 Å². The van der Waals surface area contributed by atoms with Gasteiger partial charge in [0.15, 0.2) is 0 Å². The van der Waals surface area contributed by atoms with E-state index in [1.807, 2.05) is 12.3 Å². The summed E-state index contributed by atoms with van der Waals surface area (Å²) >= 11 is 0. The Bertz CT molecular complexity index is 592. The van der Waals surface area contributed by atoms with E-state index >= 15 is 0 Å². The first-order chi connectivity index (χ1) is 9.81. The van der Waals surface area contributed by atoms with Gasteiger partial charge in [-0.25, -0.2) is 0 Å².